The van der Waals surface area contributed by atoms with E-state index in [0.29, 0.717) is 5.92 Å². The molecule has 3 aromatic heterocycles. The number of hydrogen-bond acceptors (Lipinski definition) is 6. The van der Waals surface area contributed by atoms with Crippen LogP contribution in [0.4, 0.5) is 5.82 Å². The maximum absolute atomic E-state index is 4.77. The largest absolute Gasteiger partial charge is 0.354 e. The normalized spacial score (nSPS) is 19.0. The van der Waals surface area contributed by atoms with Gasteiger partial charge in [0.1, 0.15) is 11.8 Å². The molecule has 0 bridgehead atoms. The lowest BCUT2D eigenvalue weighted by Crippen LogP contribution is -2.35. The van der Waals surface area contributed by atoms with Gasteiger partial charge in [0.25, 0.3) is 0 Å². The quantitative estimate of drug-likeness (QED) is 0.805. The Morgan fingerprint density at radius 1 is 1.36 bits per heavy atom. The van der Waals surface area contributed by atoms with Gasteiger partial charge in [-0.05, 0) is 19.3 Å². The van der Waals surface area contributed by atoms with E-state index in [0.717, 1.165) is 42.9 Å². The Morgan fingerprint density at radius 2 is 2.32 bits per heavy atom. The summed E-state index contributed by atoms with van der Waals surface area (Å²) in [5, 5.41) is 3.45. The minimum Gasteiger partial charge on any atom is -0.354 e. The Labute approximate surface area is 132 Å². The third kappa shape index (κ3) is 2.35. The van der Waals surface area contributed by atoms with Crippen molar-refractivity contribution in [3.8, 4) is 0 Å². The van der Waals surface area contributed by atoms with Crippen LogP contribution in [-0.4, -0.2) is 38.0 Å². The van der Waals surface area contributed by atoms with Crippen LogP contribution in [0.5, 0.6) is 0 Å². The van der Waals surface area contributed by atoms with Crippen molar-refractivity contribution in [2.75, 3.05) is 18.0 Å². The maximum atomic E-state index is 4.77. The highest BCUT2D eigenvalue weighted by atomic mass is 32.1. The van der Waals surface area contributed by atoms with E-state index in [4.69, 9.17) is 4.98 Å². The molecule has 1 atom stereocenters. The summed E-state index contributed by atoms with van der Waals surface area (Å²) >= 11 is 1.79. The minimum atomic E-state index is 0.493. The highest BCUT2D eigenvalue weighted by Crippen LogP contribution is 2.32. The summed E-state index contributed by atoms with van der Waals surface area (Å²) in [6.07, 6.45) is 6.64. The zero-order chi connectivity index (χ0) is 14.9. The number of anilines is 1. The van der Waals surface area contributed by atoms with E-state index in [1.54, 1.807) is 24.0 Å². The molecule has 0 unspecified atom stereocenters. The first kappa shape index (κ1) is 13.6. The number of thiazole rings is 1. The average Bonchev–Trinajstić information content (AvgIpc) is 3.23. The average molecular weight is 314 g/mol. The van der Waals surface area contributed by atoms with Crippen molar-refractivity contribution in [2.24, 2.45) is 0 Å². The summed E-state index contributed by atoms with van der Waals surface area (Å²) in [4.78, 5) is 23.2. The number of aryl methyl sites for hydroxylation is 1. The molecule has 1 saturated heterocycles. The van der Waals surface area contributed by atoms with Crippen molar-refractivity contribution in [1.29, 1.82) is 0 Å². The molecule has 1 fully saturated rings. The Morgan fingerprint density at radius 3 is 3.18 bits per heavy atom. The van der Waals surface area contributed by atoms with Crippen LogP contribution < -0.4 is 4.90 Å². The predicted molar refractivity (Wildman–Crippen MR) is 87.4 cm³/mol. The molecule has 4 heterocycles. The number of H-pyrrole nitrogens is 1. The molecule has 4 rings (SSSR count). The zero-order valence-electron chi connectivity index (χ0n) is 12.5. The van der Waals surface area contributed by atoms with Crippen molar-refractivity contribution in [3.63, 3.8) is 0 Å². The van der Waals surface area contributed by atoms with E-state index < -0.39 is 0 Å². The van der Waals surface area contributed by atoms with Gasteiger partial charge in [-0.1, -0.05) is 6.92 Å². The van der Waals surface area contributed by atoms with Crippen molar-refractivity contribution in [3.05, 3.63) is 28.7 Å². The van der Waals surface area contributed by atoms with Crippen LogP contribution in [-0.2, 0) is 6.42 Å². The molecule has 0 aliphatic carbocycles. The standard InChI is InChI=1S/C15H18N6S/c1-2-11-7-22-15(20-11)10-4-3-5-21(6-10)14-12-13(17-8-16-12)18-9-19-14/h7-10H,2-6H2,1H3,(H,16,17,18,19)/t10-/m0/s1. The molecule has 0 amide bonds. The molecule has 7 heteroatoms. The molecule has 1 aliphatic heterocycles. The van der Waals surface area contributed by atoms with Gasteiger partial charge in [0.15, 0.2) is 11.5 Å². The molecular weight excluding hydrogens is 296 g/mol. The SMILES string of the molecule is CCc1csc([C@H]2CCCN(c3ncnc4nc[nH]c34)C2)n1. The second-order valence-corrected chi connectivity index (χ2v) is 6.50. The van der Waals surface area contributed by atoms with Crippen LogP contribution in [0.1, 0.15) is 36.4 Å². The van der Waals surface area contributed by atoms with Crippen LogP contribution in [0.25, 0.3) is 11.2 Å². The van der Waals surface area contributed by atoms with Crippen LogP contribution in [0.2, 0.25) is 0 Å². The Bertz CT molecular complexity index is 779. The molecule has 3 aromatic rings. The molecule has 0 aromatic carbocycles. The molecule has 114 valence electrons. The van der Waals surface area contributed by atoms with Gasteiger partial charge in [-0.25, -0.2) is 19.9 Å². The number of imidazole rings is 1. The van der Waals surface area contributed by atoms with Gasteiger partial charge in [0, 0.05) is 24.4 Å². The first-order valence-electron chi connectivity index (χ1n) is 7.68. The lowest BCUT2D eigenvalue weighted by molar-refractivity contribution is 0.505. The van der Waals surface area contributed by atoms with E-state index in [1.807, 2.05) is 0 Å². The van der Waals surface area contributed by atoms with Crippen molar-refractivity contribution in [1.82, 2.24) is 24.9 Å². The van der Waals surface area contributed by atoms with Crippen molar-refractivity contribution >= 4 is 28.3 Å². The van der Waals surface area contributed by atoms with Crippen molar-refractivity contribution in [2.45, 2.75) is 32.1 Å². The van der Waals surface area contributed by atoms with Crippen molar-refractivity contribution < 1.29 is 0 Å². The van der Waals surface area contributed by atoms with E-state index in [-0.39, 0.29) is 0 Å². The summed E-state index contributed by atoms with van der Waals surface area (Å²) in [6, 6.07) is 0. The van der Waals surface area contributed by atoms with E-state index in [2.05, 4.69) is 37.1 Å². The number of piperidine rings is 1. The molecule has 0 spiro atoms. The third-order valence-corrected chi connectivity index (χ3v) is 5.26. The summed E-state index contributed by atoms with van der Waals surface area (Å²) in [5.41, 5.74) is 2.86. The lowest BCUT2D eigenvalue weighted by Gasteiger charge is -2.32. The number of rotatable bonds is 3. The van der Waals surface area contributed by atoms with Crippen LogP contribution in [0, 0.1) is 0 Å². The first-order chi connectivity index (χ1) is 10.8. The third-order valence-electron chi connectivity index (χ3n) is 4.20. The summed E-state index contributed by atoms with van der Waals surface area (Å²) in [5.74, 6) is 1.45. The van der Waals surface area contributed by atoms with Gasteiger partial charge < -0.3 is 9.88 Å². The smallest absolute Gasteiger partial charge is 0.182 e. The highest BCUT2D eigenvalue weighted by molar-refractivity contribution is 7.09. The van der Waals surface area contributed by atoms with E-state index >= 15 is 0 Å². The first-order valence-corrected chi connectivity index (χ1v) is 8.56. The van der Waals surface area contributed by atoms with Gasteiger partial charge in [-0.3, -0.25) is 0 Å². The topological polar surface area (TPSA) is 70.6 Å². The number of hydrogen-bond donors (Lipinski definition) is 1. The van der Waals surface area contributed by atoms with Gasteiger partial charge in [0.2, 0.25) is 0 Å². The molecule has 6 nitrogen and oxygen atoms in total. The fourth-order valence-electron chi connectivity index (χ4n) is 3.04. The molecular formula is C15H18N6S. The Balaban J connectivity index is 1.62. The van der Waals surface area contributed by atoms with Crippen LogP contribution in [0.15, 0.2) is 18.0 Å². The van der Waals surface area contributed by atoms with Gasteiger partial charge in [-0.2, -0.15) is 0 Å². The predicted octanol–water partition coefficient (Wildman–Crippen LogP) is 2.76. The Hall–Kier alpha value is -2.02. The second kappa shape index (κ2) is 5.64. The van der Waals surface area contributed by atoms with Crippen LogP contribution in [0.3, 0.4) is 0 Å². The van der Waals surface area contributed by atoms with E-state index in [1.165, 1.54) is 17.1 Å². The molecule has 0 saturated carbocycles. The molecule has 1 N–H and O–H groups in total. The van der Waals surface area contributed by atoms with Gasteiger partial charge in [-0.15, -0.1) is 11.3 Å². The van der Waals surface area contributed by atoms with Gasteiger partial charge in [0.05, 0.1) is 17.0 Å². The molecule has 22 heavy (non-hydrogen) atoms. The fraction of sp³-hybridized carbons (Fsp3) is 0.467. The van der Waals surface area contributed by atoms with E-state index in [9.17, 15) is 0 Å². The zero-order valence-corrected chi connectivity index (χ0v) is 13.3. The van der Waals surface area contributed by atoms with Crippen LogP contribution >= 0.6 is 11.3 Å². The maximum Gasteiger partial charge on any atom is 0.182 e. The summed E-state index contributed by atoms with van der Waals surface area (Å²) < 4.78 is 0. The highest BCUT2D eigenvalue weighted by Gasteiger charge is 2.26. The number of fused-ring (bicyclic) bond motifs is 1. The number of nitrogens with zero attached hydrogens (tertiary/aromatic N) is 5. The minimum absolute atomic E-state index is 0.493. The molecule has 0 radical (unpaired) electrons. The lowest BCUT2D eigenvalue weighted by atomic mass is 9.98. The second-order valence-electron chi connectivity index (χ2n) is 5.61. The Kier molecular flexibility index (Phi) is 3.49. The number of aromatic nitrogens is 5. The summed E-state index contributed by atoms with van der Waals surface area (Å²) in [6.45, 7) is 4.14. The summed E-state index contributed by atoms with van der Waals surface area (Å²) in [7, 11) is 0. The number of aromatic amines is 1. The van der Waals surface area contributed by atoms with Gasteiger partial charge >= 0.3 is 0 Å². The monoisotopic (exact) mass is 314 g/mol. The number of nitrogens with one attached hydrogen (secondary N) is 1. The fourth-order valence-corrected chi connectivity index (χ4v) is 4.07. The molecule has 1 aliphatic rings.